The molecule has 1 aromatic heterocycles. The summed E-state index contributed by atoms with van der Waals surface area (Å²) in [6.07, 6.45) is 0. The SMILES string of the molecule is O=[N+]([O-])c1ccccc1-c1cc(CS(=O)(=O)Cl)no1. The molecule has 0 aliphatic carbocycles. The minimum Gasteiger partial charge on any atom is -0.356 e. The molecule has 0 saturated carbocycles. The van der Waals surface area contributed by atoms with Gasteiger partial charge >= 0.3 is 0 Å². The number of halogens is 1. The Kier molecular flexibility index (Phi) is 3.54. The Bertz CT molecular complexity index is 725. The summed E-state index contributed by atoms with van der Waals surface area (Å²) in [6, 6.07) is 7.22. The summed E-state index contributed by atoms with van der Waals surface area (Å²) < 4.78 is 26.7. The van der Waals surface area contributed by atoms with Gasteiger partial charge in [-0.05, 0) is 6.07 Å². The molecule has 0 bridgehead atoms. The van der Waals surface area contributed by atoms with Gasteiger partial charge in [0.2, 0.25) is 9.05 Å². The van der Waals surface area contributed by atoms with Crippen molar-refractivity contribution in [3.8, 4) is 11.3 Å². The zero-order valence-corrected chi connectivity index (χ0v) is 10.9. The van der Waals surface area contributed by atoms with Crippen molar-refractivity contribution in [2.45, 2.75) is 5.75 Å². The smallest absolute Gasteiger partial charge is 0.280 e. The van der Waals surface area contributed by atoms with Gasteiger partial charge in [-0.1, -0.05) is 17.3 Å². The molecule has 1 heterocycles. The average Bonchev–Trinajstić information content (AvgIpc) is 2.75. The third-order valence-electron chi connectivity index (χ3n) is 2.25. The summed E-state index contributed by atoms with van der Waals surface area (Å²) in [4.78, 5) is 10.3. The van der Waals surface area contributed by atoms with E-state index >= 15 is 0 Å². The largest absolute Gasteiger partial charge is 0.356 e. The quantitative estimate of drug-likeness (QED) is 0.487. The third kappa shape index (κ3) is 3.30. The van der Waals surface area contributed by atoms with E-state index < -0.39 is 19.7 Å². The molecule has 0 aliphatic rings. The maximum Gasteiger partial charge on any atom is 0.280 e. The topological polar surface area (TPSA) is 103 Å². The molecular formula is C10H7ClN2O5S. The van der Waals surface area contributed by atoms with Crippen molar-refractivity contribution in [2.24, 2.45) is 0 Å². The molecule has 0 amide bonds. The summed E-state index contributed by atoms with van der Waals surface area (Å²) in [7, 11) is 1.33. The van der Waals surface area contributed by atoms with E-state index in [-0.39, 0.29) is 22.7 Å². The van der Waals surface area contributed by atoms with Gasteiger partial charge in [0.1, 0.15) is 11.4 Å². The molecule has 0 spiro atoms. The van der Waals surface area contributed by atoms with Crippen LogP contribution in [0.1, 0.15) is 5.69 Å². The lowest BCUT2D eigenvalue weighted by molar-refractivity contribution is -0.384. The second-order valence-corrected chi connectivity index (χ2v) is 6.42. The number of hydrogen-bond donors (Lipinski definition) is 0. The standard InChI is InChI=1S/C10H7ClN2O5S/c11-19(16,17)6-7-5-10(18-12-7)8-3-1-2-4-9(8)13(14)15/h1-5H,6H2. The first-order chi connectivity index (χ1) is 8.87. The van der Waals surface area contributed by atoms with E-state index in [4.69, 9.17) is 15.2 Å². The first-order valence-electron chi connectivity index (χ1n) is 4.98. The second kappa shape index (κ2) is 4.98. The molecule has 0 saturated heterocycles. The van der Waals surface area contributed by atoms with E-state index in [1.54, 1.807) is 6.07 Å². The molecule has 2 aromatic rings. The van der Waals surface area contributed by atoms with Gasteiger partial charge in [0.15, 0.2) is 5.76 Å². The summed E-state index contributed by atoms with van der Waals surface area (Å²) >= 11 is 0. The number of rotatable bonds is 4. The van der Waals surface area contributed by atoms with Crippen LogP contribution in [0.3, 0.4) is 0 Å². The van der Waals surface area contributed by atoms with E-state index in [0.717, 1.165) is 0 Å². The summed E-state index contributed by atoms with van der Waals surface area (Å²) in [5.74, 6) is -0.388. The first-order valence-corrected chi connectivity index (χ1v) is 7.46. The maximum absolute atomic E-state index is 10.9. The Morgan fingerprint density at radius 3 is 2.68 bits per heavy atom. The van der Waals surface area contributed by atoms with Gasteiger partial charge in [-0.15, -0.1) is 0 Å². The number of aromatic nitrogens is 1. The number of nitro groups is 1. The minimum absolute atomic E-state index is 0.0863. The highest BCUT2D eigenvalue weighted by molar-refractivity contribution is 8.13. The zero-order chi connectivity index (χ0) is 14.0. The van der Waals surface area contributed by atoms with Crippen LogP contribution in [0.25, 0.3) is 11.3 Å². The van der Waals surface area contributed by atoms with Crippen molar-refractivity contribution < 1.29 is 17.9 Å². The van der Waals surface area contributed by atoms with Crippen molar-refractivity contribution in [3.05, 3.63) is 46.1 Å². The molecule has 0 unspecified atom stereocenters. The number of nitro benzene ring substituents is 1. The lowest BCUT2D eigenvalue weighted by Gasteiger charge is -1.96. The van der Waals surface area contributed by atoms with Gasteiger partial charge in [-0.25, -0.2) is 8.42 Å². The molecular weight excluding hydrogens is 296 g/mol. The lowest BCUT2D eigenvalue weighted by atomic mass is 10.1. The van der Waals surface area contributed by atoms with Crippen molar-refractivity contribution in [2.75, 3.05) is 0 Å². The average molecular weight is 303 g/mol. The Labute approximate surface area is 112 Å². The molecule has 100 valence electrons. The molecule has 0 radical (unpaired) electrons. The molecule has 0 atom stereocenters. The van der Waals surface area contributed by atoms with Crippen LogP contribution in [0, 0.1) is 10.1 Å². The Morgan fingerprint density at radius 2 is 2.05 bits per heavy atom. The molecule has 0 fully saturated rings. The van der Waals surface area contributed by atoms with Crippen molar-refractivity contribution in [1.82, 2.24) is 5.16 Å². The van der Waals surface area contributed by atoms with Gasteiger partial charge < -0.3 is 4.52 Å². The summed E-state index contributed by atoms with van der Waals surface area (Å²) in [5.41, 5.74) is 0.153. The van der Waals surface area contributed by atoms with Crippen molar-refractivity contribution >= 4 is 25.4 Å². The van der Waals surface area contributed by atoms with Gasteiger partial charge in [-0.3, -0.25) is 10.1 Å². The van der Waals surface area contributed by atoms with Gasteiger partial charge in [0.05, 0.1) is 10.5 Å². The Morgan fingerprint density at radius 1 is 1.37 bits per heavy atom. The first kappa shape index (κ1) is 13.5. The van der Waals surface area contributed by atoms with Crippen LogP contribution in [-0.2, 0) is 14.8 Å². The van der Waals surface area contributed by atoms with Crippen LogP contribution in [0.2, 0.25) is 0 Å². The summed E-state index contributed by atoms with van der Waals surface area (Å²) in [6.45, 7) is 0. The van der Waals surface area contributed by atoms with Gasteiger partial charge in [0, 0.05) is 22.8 Å². The van der Waals surface area contributed by atoms with Gasteiger partial charge in [-0.2, -0.15) is 0 Å². The van der Waals surface area contributed by atoms with Crippen molar-refractivity contribution in [3.63, 3.8) is 0 Å². The second-order valence-electron chi connectivity index (χ2n) is 3.64. The third-order valence-corrected chi connectivity index (χ3v) is 3.21. The molecule has 1 aromatic carbocycles. The van der Waals surface area contributed by atoms with E-state index in [1.165, 1.54) is 24.3 Å². The highest BCUT2D eigenvalue weighted by atomic mass is 35.7. The predicted molar refractivity (Wildman–Crippen MR) is 67.1 cm³/mol. The zero-order valence-electron chi connectivity index (χ0n) is 9.32. The fraction of sp³-hybridized carbons (Fsp3) is 0.100. The molecule has 19 heavy (non-hydrogen) atoms. The fourth-order valence-corrected chi connectivity index (χ4v) is 2.35. The van der Waals surface area contributed by atoms with E-state index in [1.807, 2.05) is 0 Å². The molecule has 0 N–H and O–H groups in total. The van der Waals surface area contributed by atoms with Crippen LogP contribution in [0.4, 0.5) is 5.69 Å². The Balaban J connectivity index is 2.41. The Hall–Kier alpha value is -1.93. The van der Waals surface area contributed by atoms with E-state index in [0.29, 0.717) is 0 Å². The highest BCUT2D eigenvalue weighted by Crippen LogP contribution is 2.30. The van der Waals surface area contributed by atoms with Crippen LogP contribution < -0.4 is 0 Å². The van der Waals surface area contributed by atoms with Crippen LogP contribution >= 0.6 is 10.7 Å². The minimum atomic E-state index is -3.76. The van der Waals surface area contributed by atoms with Crippen LogP contribution in [-0.4, -0.2) is 18.5 Å². The van der Waals surface area contributed by atoms with E-state index in [2.05, 4.69) is 5.16 Å². The number of hydrogen-bond acceptors (Lipinski definition) is 6. The van der Waals surface area contributed by atoms with Crippen LogP contribution in [0.5, 0.6) is 0 Å². The molecule has 0 aliphatic heterocycles. The fourth-order valence-electron chi connectivity index (χ4n) is 1.52. The monoisotopic (exact) mass is 302 g/mol. The number of para-hydroxylation sites is 1. The highest BCUT2D eigenvalue weighted by Gasteiger charge is 2.19. The van der Waals surface area contributed by atoms with Crippen molar-refractivity contribution in [1.29, 1.82) is 0 Å². The number of benzene rings is 1. The van der Waals surface area contributed by atoms with Gasteiger partial charge in [0.25, 0.3) is 5.69 Å². The number of nitrogens with zero attached hydrogens (tertiary/aromatic N) is 2. The normalized spacial score (nSPS) is 11.4. The van der Waals surface area contributed by atoms with E-state index in [9.17, 15) is 18.5 Å². The summed E-state index contributed by atoms with van der Waals surface area (Å²) in [5, 5.41) is 14.4. The predicted octanol–water partition coefficient (Wildman–Crippen LogP) is 2.32. The molecule has 2 rings (SSSR count). The molecule has 9 heteroatoms. The van der Waals surface area contributed by atoms with Crippen LogP contribution in [0.15, 0.2) is 34.9 Å². The maximum atomic E-state index is 10.9. The lowest BCUT2D eigenvalue weighted by Crippen LogP contribution is -1.94. The molecule has 7 nitrogen and oxygen atoms in total.